The summed E-state index contributed by atoms with van der Waals surface area (Å²) in [5.41, 5.74) is -0.363. The predicted molar refractivity (Wildman–Crippen MR) is 104 cm³/mol. The van der Waals surface area contributed by atoms with Crippen LogP contribution in [0.3, 0.4) is 0 Å². The fourth-order valence-corrected chi connectivity index (χ4v) is 4.47. The number of likely N-dealkylation sites (tertiary alicyclic amines) is 2. The van der Waals surface area contributed by atoms with Gasteiger partial charge in [0.2, 0.25) is 5.91 Å². The lowest BCUT2D eigenvalue weighted by molar-refractivity contribution is -0.146. The summed E-state index contributed by atoms with van der Waals surface area (Å²) >= 11 is 0. The number of aromatic hydroxyl groups is 2. The second kappa shape index (κ2) is 7.39. The summed E-state index contributed by atoms with van der Waals surface area (Å²) in [6, 6.07) is 10.6. The molecule has 2 aromatic rings. The molecule has 29 heavy (non-hydrogen) atoms. The Morgan fingerprint density at radius 3 is 2.48 bits per heavy atom. The van der Waals surface area contributed by atoms with Crippen LogP contribution in [-0.4, -0.2) is 51.5 Å². The topological polar surface area (TPSA) is 81.1 Å². The lowest BCUT2D eigenvalue weighted by Gasteiger charge is -2.39. The summed E-state index contributed by atoms with van der Waals surface area (Å²) in [7, 11) is 0. The molecule has 2 heterocycles. The maximum atomic E-state index is 14.0. The van der Waals surface area contributed by atoms with Crippen LogP contribution >= 0.6 is 0 Å². The minimum Gasteiger partial charge on any atom is -0.507 e. The van der Waals surface area contributed by atoms with Crippen LogP contribution in [0, 0.1) is 11.2 Å². The van der Waals surface area contributed by atoms with Gasteiger partial charge in [0.1, 0.15) is 22.9 Å². The number of benzene rings is 2. The number of halogens is 1. The minimum absolute atomic E-state index is 0.0659. The SMILES string of the molecule is O=C(c1c(O)cccc1O)N1CCC2(CCCN(Cc3ccccc3F)C2=O)C1. The van der Waals surface area contributed by atoms with Gasteiger partial charge in [0.25, 0.3) is 5.91 Å². The number of phenolic OH excluding ortho intramolecular Hbond substituents is 2. The minimum atomic E-state index is -0.695. The lowest BCUT2D eigenvalue weighted by Crippen LogP contribution is -2.50. The van der Waals surface area contributed by atoms with E-state index in [2.05, 4.69) is 0 Å². The van der Waals surface area contributed by atoms with Gasteiger partial charge in [0, 0.05) is 31.7 Å². The smallest absolute Gasteiger partial charge is 0.261 e. The van der Waals surface area contributed by atoms with Crippen molar-refractivity contribution in [2.24, 2.45) is 5.41 Å². The van der Waals surface area contributed by atoms with Gasteiger partial charge in [-0.15, -0.1) is 0 Å². The van der Waals surface area contributed by atoms with Crippen LogP contribution in [0.4, 0.5) is 4.39 Å². The third-order valence-corrected chi connectivity index (χ3v) is 6.02. The summed E-state index contributed by atoms with van der Waals surface area (Å²) in [6.07, 6.45) is 1.96. The molecule has 0 radical (unpaired) electrons. The summed E-state index contributed by atoms with van der Waals surface area (Å²) < 4.78 is 14.0. The quantitative estimate of drug-likeness (QED) is 0.833. The first-order valence-electron chi connectivity index (χ1n) is 9.74. The fraction of sp³-hybridized carbons (Fsp3) is 0.364. The molecule has 1 atom stereocenters. The van der Waals surface area contributed by atoms with Crippen molar-refractivity contribution in [1.82, 2.24) is 9.80 Å². The van der Waals surface area contributed by atoms with Gasteiger partial charge in [0.15, 0.2) is 0 Å². The highest BCUT2D eigenvalue weighted by molar-refractivity contribution is 6.00. The van der Waals surface area contributed by atoms with Crippen molar-refractivity contribution in [1.29, 1.82) is 0 Å². The number of rotatable bonds is 3. The molecule has 2 saturated heterocycles. The van der Waals surface area contributed by atoms with Crippen LogP contribution in [0.5, 0.6) is 11.5 Å². The van der Waals surface area contributed by atoms with Crippen molar-refractivity contribution in [3.05, 3.63) is 59.4 Å². The van der Waals surface area contributed by atoms with Crippen LogP contribution in [0.15, 0.2) is 42.5 Å². The first kappa shape index (κ1) is 19.2. The van der Waals surface area contributed by atoms with E-state index in [-0.39, 0.29) is 41.9 Å². The van der Waals surface area contributed by atoms with E-state index in [0.717, 1.165) is 6.42 Å². The molecule has 2 aliphatic heterocycles. The normalized spacial score (nSPS) is 21.8. The van der Waals surface area contributed by atoms with Crippen molar-refractivity contribution in [3.8, 4) is 11.5 Å². The zero-order valence-electron chi connectivity index (χ0n) is 16.0. The van der Waals surface area contributed by atoms with E-state index in [0.29, 0.717) is 31.5 Å². The molecular weight excluding hydrogens is 375 g/mol. The highest BCUT2D eigenvalue weighted by atomic mass is 19.1. The molecule has 1 spiro atoms. The van der Waals surface area contributed by atoms with Crippen molar-refractivity contribution in [2.45, 2.75) is 25.8 Å². The van der Waals surface area contributed by atoms with Crippen LogP contribution in [0.2, 0.25) is 0 Å². The maximum Gasteiger partial charge on any atom is 0.261 e. The van der Waals surface area contributed by atoms with Gasteiger partial charge in [-0.2, -0.15) is 0 Å². The molecule has 4 rings (SSSR count). The Bertz CT molecular complexity index is 943. The Balaban J connectivity index is 1.52. The van der Waals surface area contributed by atoms with Crippen molar-refractivity contribution in [2.75, 3.05) is 19.6 Å². The molecule has 0 bridgehead atoms. The molecule has 2 N–H and O–H groups in total. The standard InChI is InChI=1S/C22H23FN2O4/c23-16-6-2-1-5-15(16)13-24-11-4-9-22(21(24)29)10-12-25(14-22)20(28)19-17(26)7-3-8-18(19)27/h1-3,5-8,26-27H,4,9-14H2. The third-order valence-electron chi connectivity index (χ3n) is 6.02. The van der Waals surface area contributed by atoms with Crippen molar-refractivity contribution < 1.29 is 24.2 Å². The predicted octanol–water partition coefficient (Wildman–Crippen LogP) is 2.89. The maximum absolute atomic E-state index is 14.0. The first-order chi connectivity index (χ1) is 13.9. The van der Waals surface area contributed by atoms with Gasteiger partial charge in [-0.1, -0.05) is 24.3 Å². The molecule has 2 aliphatic rings. The van der Waals surface area contributed by atoms with Crippen LogP contribution < -0.4 is 0 Å². The molecule has 6 nitrogen and oxygen atoms in total. The van der Waals surface area contributed by atoms with E-state index in [1.165, 1.54) is 29.2 Å². The monoisotopic (exact) mass is 398 g/mol. The zero-order valence-corrected chi connectivity index (χ0v) is 16.0. The second-order valence-electron chi connectivity index (χ2n) is 7.85. The number of hydrogen-bond donors (Lipinski definition) is 2. The van der Waals surface area contributed by atoms with E-state index in [4.69, 9.17) is 0 Å². The molecule has 2 amide bonds. The fourth-order valence-electron chi connectivity index (χ4n) is 4.47. The number of hydrogen-bond acceptors (Lipinski definition) is 4. The van der Waals surface area contributed by atoms with E-state index in [1.807, 2.05) is 0 Å². The molecule has 2 aromatic carbocycles. The summed E-state index contributed by atoms with van der Waals surface area (Å²) in [6.45, 7) is 1.36. The van der Waals surface area contributed by atoms with Gasteiger partial charge >= 0.3 is 0 Å². The Morgan fingerprint density at radius 1 is 1.03 bits per heavy atom. The average molecular weight is 398 g/mol. The van der Waals surface area contributed by atoms with E-state index in [9.17, 15) is 24.2 Å². The summed E-state index contributed by atoms with van der Waals surface area (Å²) in [4.78, 5) is 29.3. The van der Waals surface area contributed by atoms with Crippen LogP contribution in [-0.2, 0) is 11.3 Å². The number of nitrogens with zero attached hydrogens (tertiary/aromatic N) is 2. The molecule has 0 aliphatic carbocycles. The lowest BCUT2D eigenvalue weighted by atomic mass is 9.78. The molecule has 152 valence electrons. The van der Waals surface area contributed by atoms with Gasteiger partial charge in [-0.3, -0.25) is 9.59 Å². The zero-order chi connectivity index (χ0) is 20.6. The highest BCUT2D eigenvalue weighted by Gasteiger charge is 2.49. The van der Waals surface area contributed by atoms with Crippen molar-refractivity contribution >= 4 is 11.8 Å². The number of piperidine rings is 1. The number of carbonyl (C=O) groups excluding carboxylic acids is 2. The average Bonchev–Trinajstić information content (AvgIpc) is 3.12. The van der Waals surface area contributed by atoms with Gasteiger partial charge < -0.3 is 20.0 Å². The Labute approximate surface area is 168 Å². The third kappa shape index (κ3) is 3.41. The van der Waals surface area contributed by atoms with E-state index in [1.54, 1.807) is 23.1 Å². The molecular formula is C22H23FN2O4. The highest BCUT2D eigenvalue weighted by Crippen LogP contribution is 2.42. The number of phenols is 2. The second-order valence-corrected chi connectivity index (χ2v) is 7.85. The Kier molecular flexibility index (Phi) is 4.90. The molecule has 2 fully saturated rings. The van der Waals surface area contributed by atoms with Crippen LogP contribution in [0.25, 0.3) is 0 Å². The van der Waals surface area contributed by atoms with Gasteiger partial charge in [-0.25, -0.2) is 4.39 Å². The summed E-state index contributed by atoms with van der Waals surface area (Å²) in [5, 5.41) is 20.0. The van der Waals surface area contributed by atoms with E-state index < -0.39 is 11.3 Å². The number of amides is 2. The Morgan fingerprint density at radius 2 is 1.76 bits per heavy atom. The van der Waals surface area contributed by atoms with E-state index >= 15 is 0 Å². The molecule has 1 unspecified atom stereocenters. The van der Waals surface area contributed by atoms with Gasteiger partial charge in [0.05, 0.1) is 5.41 Å². The van der Waals surface area contributed by atoms with Crippen LogP contribution in [0.1, 0.15) is 35.2 Å². The summed E-state index contributed by atoms with van der Waals surface area (Å²) in [5.74, 6) is -1.46. The molecule has 7 heteroatoms. The largest absolute Gasteiger partial charge is 0.507 e. The van der Waals surface area contributed by atoms with Gasteiger partial charge in [-0.05, 0) is 37.5 Å². The van der Waals surface area contributed by atoms with Crippen molar-refractivity contribution in [3.63, 3.8) is 0 Å². The Hall–Kier alpha value is -3.09. The first-order valence-corrected chi connectivity index (χ1v) is 9.74. The molecule has 0 saturated carbocycles. The number of carbonyl (C=O) groups is 2. The molecule has 0 aromatic heterocycles.